The summed E-state index contributed by atoms with van der Waals surface area (Å²) in [5, 5.41) is 0. The van der Waals surface area contributed by atoms with Gasteiger partial charge in [0.15, 0.2) is 0 Å². The molecule has 3 aromatic carbocycles. The number of sulfonamides is 1. The lowest BCUT2D eigenvalue weighted by Gasteiger charge is -2.37. The van der Waals surface area contributed by atoms with Crippen molar-refractivity contribution in [3.8, 4) is 0 Å². The molecule has 1 saturated heterocycles. The van der Waals surface area contributed by atoms with Gasteiger partial charge in [0.25, 0.3) is 15.9 Å². The van der Waals surface area contributed by atoms with E-state index in [1.54, 1.807) is 53.4 Å². The van der Waals surface area contributed by atoms with Gasteiger partial charge in [0, 0.05) is 31.9 Å². The molecule has 0 bridgehead atoms. The highest BCUT2D eigenvalue weighted by atomic mass is 32.2. The first-order valence-electron chi connectivity index (χ1n) is 11.1. The number of para-hydroxylation sites is 1. The highest BCUT2D eigenvalue weighted by Crippen LogP contribution is 2.26. The predicted octanol–water partition coefficient (Wildman–Crippen LogP) is 4.38. The molecule has 4 rings (SSSR count). The monoisotopic (exact) mass is 463 g/mol. The Morgan fingerprint density at radius 1 is 0.818 bits per heavy atom. The van der Waals surface area contributed by atoms with E-state index in [1.807, 2.05) is 6.92 Å². The van der Waals surface area contributed by atoms with Crippen LogP contribution < -0.4 is 9.62 Å². The minimum Gasteiger partial charge on any atom is -0.368 e. The molecule has 1 amide bonds. The Balaban J connectivity index is 1.50. The molecule has 33 heavy (non-hydrogen) atoms. The molecule has 0 aromatic heterocycles. The summed E-state index contributed by atoms with van der Waals surface area (Å²) in [4.78, 5) is 17.6. The van der Waals surface area contributed by atoms with E-state index in [-0.39, 0.29) is 10.8 Å². The summed E-state index contributed by atoms with van der Waals surface area (Å²) in [5.41, 5.74) is 5.33. The van der Waals surface area contributed by atoms with Crippen molar-refractivity contribution < 1.29 is 13.2 Å². The zero-order valence-electron chi connectivity index (χ0n) is 19.2. The molecule has 0 atom stereocenters. The third-order valence-corrected chi connectivity index (χ3v) is 7.60. The molecule has 6 nitrogen and oxygen atoms in total. The number of carbonyl (C=O) groups excluding carboxylic acids is 1. The lowest BCUT2D eigenvalue weighted by molar-refractivity contribution is 0.0748. The van der Waals surface area contributed by atoms with Crippen molar-refractivity contribution in [2.24, 2.45) is 0 Å². The van der Waals surface area contributed by atoms with Gasteiger partial charge in [-0.05, 0) is 62.2 Å². The number of nitrogens with one attached hydrogen (secondary N) is 1. The zero-order valence-corrected chi connectivity index (χ0v) is 20.0. The number of rotatable bonds is 5. The average Bonchev–Trinajstić information content (AvgIpc) is 2.81. The van der Waals surface area contributed by atoms with Gasteiger partial charge in [-0.2, -0.15) is 0 Å². The van der Waals surface area contributed by atoms with E-state index < -0.39 is 10.0 Å². The van der Waals surface area contributed by atoms with Crippen LogP contribution in [0.4, 0.5) is 11.4 Å². The maximum Gasteiger partial charge on any atom is 0.261 e. The van der Waals surface area contributed by atoms with Crippen LogP contribution in [-0.2, 0) is 10.0 Å². The largest absolute Gasteiger partial charge is 0.368 e. The lowest BCUT2D eigenvalue weighted by atomic mass is 10.1. The van der Waals surface area contributed by atoms with E-state index >= 15 is 0 Å². The van der Waals surface area contributed by atoms with E-state index in [0.29, 0.717) is 24.3 Å². The van der Waals surface area contributed by atoms with Crippen molar-refractivity contribution in [2.75, 3.05) is 35.8 Å². The summed E-state index contributed by atoms with van der Waals surface area (Å²) in [6.45, 7) is 8.74. The molecule has 7 heteroatoms. The molecule has 0 saturated carbocycles. The zero-order chi connectivity index (χ0) is 23.6. The van der Waals surface area contributed by atoms with Gasteiger partial charge in [-0.25, -0.2) is 8.42 Å². The molecule has 1 aliphatic heterocycles. The van der Waals surface area contributed by atoms with Gasteiger partial charge >= 0.3 is 0 Å². The fraction of sp³-hybridized carbons (Fsp3) is 0.269. The Morgan fingerprint density at radius 3 is 2.18 bits per heavy atom. The normalized spacial score (nSPS) is 14.3. The molecule has 0 radical (unpaired) electrons. The van der Waals surface area contributed by atoms with Crippen LogP contribution in [0.5, 0.6) is 0 Å². The topological polar surface area (TPSA) is 69.7 Å². The summed E-state index contributed by atoms with van der Waals surface area (Å²) in [7, 11) is -3.80. The number of hydrogen-bond acceptors (Lipinski definition) is 4. The maximum atomic E-state index is 13.3. The van der Waals surface area contributed by atoms with E-state index in [4.69, 9.17) is 0 Å². The average molecular weight is 464 g/mol. The molecule has 172 valence electrons. The first-order chi connectivity index (χ1) is 15.8. The molecule has 1 heterocycles. The second-order valence-electron chi connectivity index (χ2n) is 8.46. The molecule has 0 aliphatic carbocycles. The number of carbonyl (C=O) groups is 1. The third-order valence-electron chi connectivity index (χ3n) is 6.22. The number of anilines is 2. The van der Waals surface area contributed by atoms with Gasteiger partial charge in [0.2, 0.25) is 0 Å². The van der Waals surface area contributed by atoms with E-state index in [0.717, 1.165) is 18.7 Å². The van der Waals surface area contributed by atoms with Crippen LogP contribution in [0.3, 0.4) is 0 Å². The molecule has 0 spiro atoms. The van der Waals surface area contributed by atoms with Gasteiger partial charge < -0.3 is 9.80 Å². The number of hydrogen-bond donors (Lipinski definition) is 1. The van der Waals surface area contributed by atoms with E-state index in [2.05, 4.69) is 41.7 Å². The minimum atomic E-state index is -3.80. The summed E-state index contributed by atoms with van der Waals surface area (Å²) < 4.78 is 28.4. The number of aryl methyl sites for hydroxylation is 2. The van der Waals surface area contributed by atoms with Crippen molar-refractivity contribution in [1.82, 2.24) is 4.90 Å². The minimum absolute atomic E-state index is 0.164. The van der Waals surface area contributed by atoms with E-state index in [1.165, 1.54) is 16.8 Å². The second-order valence-corrected chi connectivity index (χ2v) is 10.1. The van der Waals surface area contributed by atoms with Gasteiger partial charge in [0.1, 0.15) is 0 Å². The first kappa shape index (κ1) is 22.9. The Morgan fingerprint density at radius 2 is 1.48 bits per heavy atom. The van der Waals surface area contributed by atoms with E-state index in [9.17, 15) is 13.2 Å². The lowest BCUT2D eigenvalue weighted by Crippen LogP contribution is -2.49. The number of amides is 1. The molecular weight excluding hydrogens is 434 g/mol. The fourth-order valence-corrected chi connectivity index (χ4v) is 5.16. The molecule has 3 aromatic rings. The standard InChI is InChI=1S/C26H29N3O3S/c1-19-11-13-22(14-12-19)33(31,32)27-24-9-5-4-8-23(24)26(30)29-17-15-28(16-18-29)25-10-6-7-20(2)21(25)3/h4-14,27H,15-18H2,1-3H3. The van der Waals surface area contributed by atoms with Crippen molar-refractivity contribution in [1.29, 1.82) is 0 Å². The highest BCUT2D eigenvalue weighted by Gasteiger charge is 2.26. The van der Waals surface area contributed by atoms with Gasteiger partial charge in [-0.15, -0.1) is 0 Å². The van der Waals surface area contributed by atoms with Gasteiger partial charge in [0.05, 0.1) is 16.1 Å². The van der Waals surface area contributed by atoms with Crippen LogP contribution in [0.25, 0.3) is 0 Å². The van der Waals surface area contributed by atoms with Crippen LogP contribution >= 0.6 is 0 Å². The quantitative estimate of drug-likeness (QED) is 0.610. The van der Waals surface area contributed by atoms with Crippen molar-refractivity contribution >= 4 is 27.3 Å². The Kier molecular flexibility index (Phi) is 6.42. The van der Waals surface area contributed by atoms with Crippen LogP contribution in [0, 0.1) is 20.8 Å². The molecular formula is C26H29N3O3S. The smallest absolute Gasteiger partial charge is 0.261 e. The maximum absolute atomic E-state index is 13.3. The van der Waals surface area contributed by atoms with Crippen LogP contribution in [0.1, 0.15) is 27.0 Å². The first-order valence-corrected chi connectivity index (χ1v) is 12.5. The van der Waals surface area contributed by atoms with Gasteiger partial charge in [-0.1, -0.05) is 42.0 Å². The molecule has 1 N–H and O–H groups in total. The van der Waals surface area contributed by atoms with Crippen molar-refractivity contribution in [2.45, 2.75) is 25.7 Å². The van der Waals surface area contributed by atoms with Crippen LogP contribution in [-0.4, -0.2) is 45.4 Å². The number of piperazine rings is 1. The number of benzene rings is 3. The van der Waals surface area contributed by atoms with Crippen molar-refractivity contribution in [3.63, 3.8) is 0 Å². The molecule has 1 fully saturated rings. The van der Waals surface area contributed by atoms with Crippen LogP contribution in [0.2, 0.25) is 0 Å². The fourth-order valence-electron chi connectivity index (χ4n) is 4.08. The van der Waals surface area contributed by atoms with Crippen LogP contribution in [0.15, 0.2) is 71.6 Å². The summed E-state index contributed by atoms with van der Waals surface area (Å²) in [6.07, 6.45) is 0. The Labute approximate surface area is 195 Å². The Bertz CT molecular complexity index is 1260. The summed E-state index contributed by atoms with van der Waals surface area (Å²) in [6, 6.07) is 19.7. The highest BCUT2D eigenvalue weighted by molar-refractivity contribution is 7.92. The summed E-state index contributed by atoms with van der Waals surface area (Å²) >= 11 is 0. The molecule has 1 aliphatic rings. The third kappa shape index (κ3) is 4.88. The Hall–Kier alpha value is -3.32. The van der Waals surface area contributed by atoms with Gasteiger partial charge in [-0.3, -0.25) is 9.52 Å². The predicted molar refractivity (Wildman–Crippen MR) is 132 cm³/mol. The van der Waals surface area contributed by atoms with Crippen molar-refractivity contribution in [3.05, 3.63) is 89.0 Å². The summed E-state index contributed by atoms with van der Waals surface area (Å²) in [5.74, 6) is -0.169. The molecule has 0 unspecified atom stereocenters. The number of nitrogens with zero attached hydrogens (tertiary/aromatic N) is 2. The SMILES string of the molecule is Cc1ccc(S(=O)(=O)Nc2ccccc2C(=O)N2CCN(c3cccc(C)c3C)CC2)cc1. The second kappa shape index (κ2) is 9.27.